The van der Waals surface area contributed by atoms with Crippen LogP contribution in [0.25, 0.3) is 0 Å². The van der Waals surface area contributed by atoms with Gasteiger partial charge in [0.1, 0.15) is 0 Å². The molecule has 1 heterocycles. The molecule has 0 atom stereocenters. The Morgan fingerprint density at radius 2 is 2.40 bits per heavy atom. The van der Waals surface area contributed by atoms with E-state index < -0.39 is 0 Å². The van der Waals surface area contributed by atoms with Gasteiger partial charge in [-0.1, -0.05) is 30.7 Å². The van der Waals surface area contributed by atoms with Crippen LogP contribution in [0.2, 0.25) is 5.02 Å². The molecule has 1 aromatic heterocycles. The highest BCUT2D eigenvalue weighted by molar-refractivity contribution is 7.80. The van der Waals surface area contributed by atoms with Gasteiger partial charge in [0.25, 0.3) is 0 Å². The first-order chi connectivity index (χ1) is 7.13. The number of pyridine rings is 1. The molecule has 0 spiro atoms. The van der Waals surface area contributed by atoms with Gasteiger partial charge in [0, 0.05) is 25.5 Å². The summed E-state index contributed by atoms with van der Waals surface area (Å²) < 4.78 is 0. The van der Waals surface area contributed by atoms with E-state index in [-0.39, 0.29) is 0 Å². The van der Waals surface area contributed by atoms with Crippen LogP contribution in [-0.2, 0) is 6.54 Å². The van der Waals surface area contributed by atoms with E-state index in [4.69, 9.17) is 29.6 Å². The van der Waals surface area contributed by atoms with Crippen molar-refractivity contribution < 1.29 is 0 Å². The molecule has 0 bridgehead atoms. The van der Waals surface area contributed by atoms with E-state index in [9.17, 15) is 0 Å². The predicted molar refractivity (Wildman–Crippen MR) is 67.0 cm³/mol. The Labute approximate surface area is 100 Å². The first kappa shape index (κ1) is 12.4. The van der Waals surface area contributed by atoms with Crippen molar-refractivity contribution in [1.29, 1.82) is 0 Å². The smallest absolute Gasteiger partial charge is 0.0870 e. The molecule has 0 saturated heterocycles. The summed E-state index contributed by atoms with van der Waals surface area (Å²) in [5.74, 6) is 0. The largest absolute Gasteiger partial charge is 0.392 e. The lowest BCUT2D eigenvalue weighted by atomic mass is 10.2. The zero-order valence-electron chi connectivity index (χ0n) is 8.61. The van der Waals surface area contributed by atoms with E-state index >= 15 is 0 Å². The molecule has 0 amide bonds. The highest BCUT2D eigenvalue weighted by atomic mass is 35.5. The van der Waals surface area contributed by atoms with Crippen molar-refractivity contribution in [2.75, 3.05) is 13.1 Å². The lowest BCUT2D eigenvalue weighted by molar-refractivity contribution is 0.321. The summed E-state index contributed by atoms with van der Waals surface area (Å²) in [7, 11) is 0. The Hall–Kier alpha value is -0.710. The Morgan fingerprint density at radius 1 is 1.67 bits per heavy atom. The second kappa shape index (κ2) is 6.00. The summed E-state index contributed by atoms with van der Waals surface area (Å²) in [6, 6.07) is 1.91. The lowest BCUT2D eigenvalue weighted by Gasteiger charge is -2.19. The normalized spacial score (nSPS) is 10.6. The molecular formula is C10H14ClN3S. The van der Waals surface area contributed by atoms with E-state index in [2.05, 4.69) is 16.8 Å². The number of aromatic nitrogens is 1. The maximum absolute atomic E-state index is 6.01. The standard InChI is InChI=1S/C10H14ClN3S/c1-2-14(7-10(12)15)6-8-3-4-13-5-9(8)11/h3-5H,2,6-7H2,1H3,(H2,12,15). The molecule has 82 valence electrons. The number of nitrogens with zero attached hydrogens (tertiary/aromatic N) is 2. The molecule has 2 N–H and O–H groups in total. The van der Waals surface area contributed by atoms with Gasteiger partial charge in [-0.2, -0.15) is 0 Å². The van der Waals surface area contributed by atoms with Gasteiger partial charge in [0.05, 0.1) is 10.0 Å². The molecule has 15 heavy (non-hydrogen) atoms. The van der Waals surface area contributed by atoms with Gasteiger partial charge in [0.15, 0.2) is 0 Å². The second-order valence-electron chi connectivity index (χ2n) is 3.24. The van der Waals surface area contributed by atoms with Crippen molar-refractivity contribution in [3.63, 3.8) is 0 Å². The minimum absolute atomic E-state index is 0.502. The molecule has 3 nitrogen and oxygen atoms in total. The van der Waals surface area contributed by atoms with Gasteiger partial charge in [-0.25, -0.2) is 0 Å². The van der Waals surface area contributed by atoms with Crippen LogP contribution in [0.3, 0.4) is 0 Å². The average molecular weight is 244 g/mol. The van der Waals surface area contributed by atoms with Crippen LogP contribution in [-0.4, -0.2) is 28.0 Å². The van der Waals surface area contributed by atoms with Crippen LogP contribution >= 0.6 is 23.8 Å². The quantitative estimate of drug-likeness (QED) is 0.802. The minimum atomic E-state index is 0.502. The fourth-order valence-corrected chi connectivity index (χ4v) is 1.63. The summed E-state index contributed by atoms with van der Waals surface area (Å²) in [6.07, 6.45) is 3.38. The third kappa shape index (κ3) is 4.11. The predicted octanol–water partition coefficient (Wildman–Crippen LogP) is 1.84. The number of likely N-dealkylation sites (N-methyl/N-ethyl adjacent to an activating group) is 1. The van der Waals surface area contributed by atoms with Crippen molar-refractivity contribution in [1.82, 2.24) is 9.88 Å². The zero-order valence-corrected chi connectivity index (χ0v) is 10.2. The van der Waals surface area contributed by atoms with Crippen molar-refractivity contribution in [3.8, 4) is 0 Å². The molecule has 0 aliphatic rings. The van der Waals surface area contributed by atoms with E-state index in [1.807, 2.05) is 6.07 Å². The van der Waals surface area contributed by atoms with E-state index in [1.54, 1.807) is 12.4 Å². The third-order valence-electron chi connectivity index (χ3n) is 2.08. The second-order valence-corrected chi connectivity index (χ2v) is 4.17. The van der Waals surface area contributed by atoms with Crippen molar-refractivity contribution in [2.45, 2.75) is 13.5 Å². The SMILES string of the molecule is CCN(CC(N)=S)Cc1ccncc1Cl. The molecule has 0 aliphatic carbocycles. The van der Waals surface area contributed by atoms with Crippen LogP contribution < -0.4 is 5.73 Å². The van der Waals surface area contributed by atoms with Gasteiger partial charge in [-0.3, -0.25) is 9.88 Å². The first-order valence-corrected chi connectivity index (χ1v) is 5.51. The average Bonchev–Trinajstić information content (AvgIpc) is 2.19. The van der Waals surface area contributed by atoms with Gasteiger partial charge in [0.2, 0.25) is 0 Å². The van der Waals surface area contributed by atoms with E-state index in [0.717, 1.165) is 18.7 Å². The van der Waals surface area contributed by atoms with Gasteiger partial charge in [-0.05, 0) is 18.2 Å². The third-order valence-corrected chi connectivity index (χ3v) is 2.55. The fraction of sp³-hybridized carbons (Fsp3) is 0.400. The highest BCUT2D eigenvalue weighted by Crippen LogP contribution is 2.15. The molecule has 0 aliphatic heterocycles. The molecule has 1 aromatic rings. The summed E-state index contributed by atoms with van der Waals surface area (Å²) >= 11 is 10.9. The lowest BCUT2D eigenvalue weighted by Crippen LogP contribution is -2.32. The van der Waals surface area contributed by atoms with Crippen LogP contribution in [0.5, 0.6) is 0 Å². The summed E-state index contributed by atoms with van der Waals surface area (Å²) in [6.45, 7) is 4.31. The number of hydrogen-bond acceptors (Lipinski definition) is 3. The van der Waals surface area contributed by atoms with Crippen LogP contribution in [0, 0.1) is 0 Å². The van der Waals surface area contributed by atoms with Gasteiger partial charge >= 0.3 is 0 Å². The summed E-state index contributed by atoms with van der Waals surface area (Å²) in [5.41, 5.74) is 6.55. The number of halogens is 1. The summed E-state index contributed by atoms with van der Waals surface area (Å²) in [5, 5.41) is 0.680. The fourth-order valence-electron chi connectivity index (χ4n) is 1.27. The Bertz CT molecular complexity index is 343. The monoisotopic (exact) mass is 243 g/mol. The zero-order chi connectivity index (χ0) is 11.3. The van der Waals surface area contributed by atoms with Crippen molar-refractivity contribution in [2.24, 2.45) is 5.73 Å². The van der Waals surface area contributed by atoms with Crippen LogP contribution in [0.4, 0.5) is 0 Å². The summed E-state index contributed by atoms with van der Waals surface area (Å²) in [4.78, 5) is 6.57. The molecule has 0 saturated carbocycles. The minimum Gasteiger partial charge on any atom is -0.392 e. The van der Waals surface area contributed by atoms with Gasteiger partial charge < -0.3 is 5.73 Å². The molecule has 0 aromatic carbocycles. The molecule has 0 fully saturated rings. The molecular weight excluding hydrogens is 230 g/mol. The molecule has 0 radical (unpaired) electrons. The number of nitrogens with two attached hydrogens (primary N) is 1. The molecule has 0 unspecified atom stereocenters. The van der Waals surface area contributed by atoms with Crippen LogP contribution in [0.1, 0.15) is 12.5 Å². The maximum Gasteiger partial charge on any atom is 0.0870 e. The number of rotatable bonds is 5. The van der Waals surface area contributed by atoms with Crippen molar-refractivity contribution >= 4 is 28.8 Å². The van der Waals surface area contributed by atoms with Crippen LogP contribution in [0.15, 0.2) is 18.5 Å². The van der Waals surface area contributed by atoms with Crippen molar-refractivity contribution in [3.05, 3.63) is 29.0 Å². The Kier molecular flexibility index (Phi) is 4.94. The van der Waals surface area contributed by atoms with E-state index in [1.165, 1.54) is 0 Å². The Balaban J connectivity index is 2.66. The van der Waals surface area contributed by atoms with Gasteiger partial charge in [-0.15, -0.1) is 0 Å². The first-order valence-electron chi connectivity index (χ1n) is 4.72. The molecule has 1 rings (SSSR count). The highest BCUT2D eigenvalue weighted by Gasteiger charge is 2.07. The number of hydrogen-bond donors (Lipinski definition) is 1. The Morgan fingerprint density at radius 3 is 2.93 bits per heavy atom. The van der Waals surface area contributed by atoms with E-state index in [0.29, 0.717) is 16.6 Å². The molecule has 5 heteroatoms. The topological polar surface area (TPSA) is 42.1 Å². The number of thiocarbonyl (C=S) groups is 1. The maximum atomic E-state index is 6.01.